The third-order valence-electron chi connectivity index (χ3n) is 2.63. The maximum atomic E-state index is 10.9. The molecule has 100 valence electrons. The van der Waals surface area contributed by atoms with Crippen LogP contribution >= 0.6 is 11.6 Å². The van der Waals surface area contributed by atoms with Crippen LogP contribution in [0, 0.1) is 11.3 Å². The van der Waals surface area contributed by atoms with Gasteiger partial charge in [0.05, 0.1) is 29.1 Å². The van der Waals surface area contributed by atoms with Crippen LogP contribution in [-0.4, -0.2) is 16.1 Å². The molecule has 0 fully saturated rings. The first-order chi connectivity index (χ1) is 9.60. The van der Waals surface area contributed by atoms with E-state index in [1.165, 1.54) is 18.3 Å². The minimum atomic E-state index is -1.00. The number of nitrogens with one attached hydrogen (secondary N) is 1. The number of aromatic carboxylic acids is 1. The number of pyridine rings is 1. The Morgan fingerprint density at radius 1 is 1.40 bits per heavy atom. The molecule has 20 heavy (non-hydrogen) atoms. The van der Waals surface area contributed by atoms with Crippen LogP contribution in [0.3, 0.4) is 0 Å². The summed E-state index contributed by atoms with van der Waals surface area (Å²) in [5.74, 6) is -1.00. The summed E-state index contributed by atoms with van der Waals surface area (Å²) in [4.78, 5) is 14.9. The minimum Gasteiger partial charge on any atom is -0.478 e. The third kappa shape index (κ3) is 3.25. The molecule has 0 spiro atoms. The molecule has 2 N–H and O–H groups in total. The van der Waals surface area contributed by atoms with Gasteiger partial charge in [0.25, 0.3) is 0 Å². The molecule has 0 unspecified atom stereocenters. The highest BCUT2D eigenvalue weighted by atomic mass is 35.5. The van der Waals surface area contributed by atoms with Crippen LogP contribution in [0.25, 0.3) is 0 Å². The number of carboxylic acids is 1. The largest absolute Gasteiger partial charge is 0.478 e. The highest BCUT2D eigenvalue weighted by molar-refractivity contribution is 6.30. The lowest BCUT2D eigenvalue weighted by atomic mass is 10.2. The van der Waals surface area contributed by atoms with Crippen molar-refractivity contribution in [1.29, 1.82) is 5.26 Å². The van der Waals surface area contributed by atoms with E-state index in [1.807, 2.05) is 6.07 Å². The van der Waals surface area contributed by atoms with Gasteiger partial charge in [-0.1, -0.05) is 11.6 Å². The van der Waals surface area contributed by atoms with Crippen LogP contribution in [0.1, 0.15) is 21.6 Å². The van der Waals surface area contributed by atoms with E-state index in [0.717, 1.165) is 0 Å². The summed E-state index contributed by atoms with van der Waals surface area (Å²) < 4.78 is 0. The Kier molecular flexibility index (Phi) is 4.18. The first-order valence-electron chi connectivity index (χ1n) is 5.72. The van der Waals surface area contributed by atoms with Crippen molar-refractivity contribution in [3.05, 3.63) is 58.4 Å². The average molecular weight is 288 g/mol. The number of nitrogens with zero attached hydrogens (tertiary/aromatic N) is 2. The van der Waals surface area contributed by atoms with Gasteiger partial charge in [0.15, 0.2) is 0 Å². The fourth-order valence-corrected chi connectivity index (χ4v) is 1.83. The first-order valence-corrected chi connectivity index (χ1v) is 6.09. The van der Waals surface area contributed by atoms with Gasteiger partial charge < -0.3 is 10.4 Å². The molecule has 0 aliphatic carbocycles. The second kappa shape index (κ2) is 6.04. The SMILES string of the molecule is N#Cc1cc(Cl)ccc1NCc1cc(C(=O)O)ccn1. The molecule has 0 atom stereocenters. The van der Waals surface area contributed by atoms with Crippen molar-refractivity contribution in [3.8, 4) is 6.07 Å². The quantitative estimate of drug-likeness (QED) is 0.903. The zero-order valence-corrected chi connectivity index (χ0v) is 11.1. The number of anilines is 1. The molecule has 0 aliphatic heterocycles. The number of hydrogen-bond donors (Lipinski definition) is 2. The van der Waals surface area contributed by atoms with Crippen molar-refractivity contribution < 1.29 is 9.90 Å². The standard InChI is InChI=1S/C14H10ClN3O2/c15-11-1-2-13(10(5-11)7-16)18-8-12-6-9(14(19)20)3-4-17-12/h1-6,18H,8H2,(H,19,20). The fourth-order valence-electron chi connectivity index (χ4n) is 1.66. The number of halogens is 1. The number of nitriles is 1. The molecule has 1 aromatic carbocycles. The van der Waals surface area contributed by atoms with Crippen LogP contribution in [0.2, 0.25) is 5.02 Å². The van der Waals surface area contributed by atoms with E-state index in [-0.39, 0.29) is 5.56 Å². The summed E-state index contributed by atoms with van der Waals surface area (Å²) in [5, 5.41) is 21.4. The van der Waals surface area contributed by atoms with Gasteiger partial charge in [0, 0.05) is 11.2 Å². The van der Waals surface area contributed by atoms with Crippen molar-refractivity contribution in [2.45, 2.75) is 6.54 Å². The van der Waals surface area contributed by atoms with E-state index in [9.17, 15) is 4.79 Å². The van der Waals surface area contributed by atoms with E-state index < -0.39 is 5.97 Å². The monoisotopic (exact) mass is 287 g/mol. The zero-order valence-electron chi connectivity index (χ0n) is 10.3. The van der Waals surface area contributed by atoms with Crippen molar-refractivity contribution in [3.63, 3.8) is 0 Å². The Hall–Kier alpha value is -2.58. The smallest absolute Gasteiger partial charge is 0.335 e. The van der Waals surface area contributed by atoms with E-state index >= 15 is 0 Å². The Balaban J connectivity index is 2.15. The topological polar surface area (TPSA) is 86.0 Å². The molecule has 5 nitrogen and oxygen atoms in total. The molecule has 1 aromatic heterocycles. The summed E-state index contributed by atoms with van der Waals surface area (Å²) in [7, 11) is 0. The first kappa shape index (κ1) is 13.8. The Bertz CT molecular complexity index is 695. The molecular formula is C14H10ClN3O2. The van der Waals surface area contributed by atoms with E-state index in [4.69, 9.17) is 22.0 Å². The predicted molar refractivity (Wildman–Crippen MR) is 74.7 cm³/mol. The van der Waals surface area contributed by atoms with Crippen molar-refractivity contribution in [2.75, 3.05) is 5.32 Å². The van der Waals surface area contributed by atoms with Gasteiger partial charge in [-0.2, -0.15) is 5.26 Å². The van der Waals surface area contributed by atoms with Gasteiger partial charge in [-0.15, -0.1) is 0 Å². The van der Waals surface area contributed by atoms with Crippen molar-refractivity contribution >= 4 is 23.3 Å². The summed E-state index contributed by atoms with van der Waals surface area (Å²) in [6, 6.07) is 9.88. The number of carbonyl (C=O) groups is 1. The Morgan fingerprint density at radius 3 is 2.90 bits per heavy atom. The van der Waals surface area contributed by atoms with Crippen molar-refractivity contribution in [2.24, 2.45) is 0 Å². The van der Waals surface area contributed by atoms with Gasteiger partial charge in [-0.05, 0) is 30.3 Å². The minimum absolute atomic E-state index is 0.174. The normalized spacial score (nSPS) is 9.80. The van der Waals surface area contributed by atoms with E-state index in [2.05, 4.69) is 10.3 Å². The maximum Gasteiger partial charge on any atom is 0.335 e. The Labute approximate surface area is 120 Å². The molecule has 0 aliphatic rings. The lowest BCUT2D eigenvalue weighted by Crippen LogP contribution is -2.05. The van der Waals surface area contributed by atoms with Crippen LogP contribution in [0.5, 0.6) is 0 Å². The lowest BCUT2D eigenvalue weighted by Gasteiger charge is -2.08. The van der Waals surface area contributed by atoms with Crippen LogP contribution in [-0.2, 0) is 6.54 Å². The van der Waals surface area contributed by atoms with Crippen LogP contribution < -0.4 is 5.32 Å². The molecule has 0 radical (unpaired) electrons. The number of benzene rings is 1. The second-order valence-corrected chi connectivity index (χ2v) is 4.43. The van der Waals surface area contributed by atoms with Gasteiger partial charge >= 0.3 is 5.97 Å². The number of aromatic nitrogens is 1. The number of hydrogen-bond acceptors (Lipinski definition) is 4. The molecule has 6 heteroatoms. The van der Waals surface area contributed by atoms with Crippen LogP contribution in [0.15, 0.2) is 36.5 Å². The fraction of sp³-hybridized carbons (Fsp3) is 0.0714. The average Bonchev–Trinajstić information content (AvgIpc) is 2.46. The van der Waals surface area contributed by atoms with Gasteiger partial charge in [-0.3, -0.25) is 4.98 Å². The van der Waals surface area contributed by atoms with Crippen molar-refractivity contribution in [1.82, 2.24) is 4.98 Å². The molecule has 0 saturated carbocycles. The molecule has 0 bridgehead atoms. The molecular weight excluding hydrogens is 278 g/mol. The maximum absolute atomic E-state index is 10.9. The molecule has 2 aromatic rings. The summed E-state index contributed by atoms with van der Waals surface area (Å²) in [6.07, 6.45) is 1.44. The van der Waals surface area contributed by atoms with Gasteiger partial charge in [-0.25, -0.2) is 4.79 Å². The number of rotatable bonds is 4. The summed E-state index contributed by atoms with van der Waals surface area (Å²) >= 11 is 5.81. The highest BCUT2D eigenvalue weighted by Gasteiger charge is 2.06. The Morgan fingerprint density at radius 2 is 2.20 bits per heavy atom. The van der Waals surface area contributed by atoms with Crippen LogP contribution in [0.4, 0.5) is 5.69 Å². The third-order valence-corrected chi connectivity index (χ3v) is 2.86. The summed E-state index contributed by atoms with van der Waals surface area (Å²) in [5.41, 5.74) is 1.79. The predicted octanol–water partition coefficient (Wildman–Crippen LogP) is 2.92. The number of carboxylic acid groups (broad SMARTS) is 1. The molecule has 1 heterocycles. The molecule has 0 amide bonds. The van der Waals surface area contributed by atoms with E-state index in [0.29, 0.717) is 28.5 Å². The molecule has 0 saturated heterocycles. The van der Waals surface area contributed by atoms with Gasteiger partial charge in [0.1, 0.15) is 6.07 Å². The second-order valence-electron chi connectivity index (χ2n) is 4.00. The molecule has 2 rings (SSSR count). The zero-order chi connectivity index (χ0) is 14.5. The lowest BCUT2D eigenvalue weighted by molar-refractivity contribution is 0.0696. The highest BCUT2D eigenvalue weighted by Crippen LogP contribution is 2.20. The summed E-state index contributed by atoms with van der Waals surface area (Å²) in [6.45, 7) is 0.317. The van der Waals surface area contributed by atoms with E-state index in [1.54, 1.807) is 18.2 Å². The van der Waals surface area contributed by atoms with Gasteiger partial charge in [0.2, 0.25) is 0 Å².